The molecule has 1 aromatic carbocycles. The number of rotatable bonds is 4. The lowest BCUT2D eigenvalue weighted by Gasteiger charge is -2.30. The van der Waals surface area contributed by atoms with Crippen LogP contribution >= 0.6 is 11.6 Å². The third-order valence-electron chi connectivity index (χ3n) is 3.99. The first-order valence-corrected chi connectivity index (χ1v) is 9.21. The number of hydrogen-bond donors (Lipinski definition) is 4. The summed E-state index contributed by atoms with van der Waals surface area (Å²) in [6, 6.07) is 4.21. The van der Waals surface area contributed by atoms with Crippen molar-refractivity contribution >= 4 is 29.4 Å². The molecule has 1 aliphatic rings. The van der Waals surface area contributed by atoms with E-state index in [1.165, 1.54) is 5.48 Å². The summed E-state index contributed by atoms with van der Waals surface area (Å²) < 4.78 is 11.2. The molecule has 0 radical (unpaired) electrons. The number of carbonyl (C=O) groups is 2. The van der Waals surface area contributed by atoms with Gasteiger partial charge >= 0.3 is 12.1 Å². The van der Waals surface area contributed by atoms with Crippen LogP contribution in [0.2, 0.25) is 5.02 Å². The summed E-state index contributed by atoms with van der Waals surface area (Å²) in [5.74, 6) is 0.596. The van der Waals surface area contributed by atoms with Crippen molar-refractivity contribution in [2.75, 3.05) is 5.32 Å². The Bertz CT molecular complexity index is 669. The van der Waals surface area contributed by atoms with Crippen molar-refractivity contribution in [3.63, 3.8) is 0 Å². The number of urea groups is 1. The second-order valence-electron chi connectivity index (χ2n) is 7.45. The molecule has 0 heterocycles. The largest absolute Gasteiger partial charge is 0.490 e. The van der Waals surface area contributed by atoms with Gasteiger partial charge in [0.05, 0.1) is 16.8 Å². The normalized spacial score (nSPS) is 19.7. The van der Waals surface area contributed by atoms with Crippen LogP contribution < -0.4 is 20.9 Å². The molecule has 4 N–H and O–H groups in total. The predicted octanol–water partition coefficient (Wildman–Crippen LogP) is 4.07. The molecule has 8 nitrogen and oxygen atoms in total. The molecule has 0 atom stereocenters. The fourth-order valence-electron chi connectivity index (χ4n) is 2.81. The SMILES string of the molecule is CC(C)(C)OC(=O)NC1CCC(Oc2ccc(NC(=O)NO)c(Cl)c2)CC1. The standard InChI is InChI=1S/C18H26ClN3O5/c1-18(2,3)27-17(24)20-11-4-6-12(7-5-11)26-13-8-9-15(14(19)10-13)21-16(23)22-25/h8-12,25H,4-7H2,1-3H3,(H,20,24)(H2,21,22,23). The van der Waals surface area contributed by atoms with Gasteiger partial charge in [-0.25, -0.2) is 15.1 Å². The zero-order chi connectivity index (χ0) is 20.0. The van der Waals surface area contributed by atoms with E-state index in [-0.39, 0.29) is 12.1 Å². The highest BCUT2D eigenvalue weighted by molar-refractivity contribution is 6.33. The first-order chi connectivity index (χ1) is 12.7. The molecule has 1 fully saturated rings. The van der Waals surface area contributed by atoms with Gasteiger partial charge in [0.15, 0.2) is 0 Å². The lowest BCUT2D eigenvalue weighted by atomic mass is 9.93. The van der Waals surface area contributed by atoms with Crippen LogP contribution in [0, 0.1) is 0 Å². The Kier molecular flexibility index (Phi) is 7.15. The Labute approximate surface area is 163 Å². The van der Waals surface area contributed by atoms with E-state index in [9.17, 15) is 9.59 Å². The maximum Gasteiger partial charge on any atom is 0.407 e. The number of hydroxylamine groups is 1. The van der Waals surface area contributed by atoms with Crippen LogP contribution in [0.3, 0.4) is 0 Å². The number of ether oxygens (including phenoxy) is 2. The molecule has 0 aliphatic heterocycles. The van der Waals surface area contributed by atoms with Crippen molar-refractivity contribution in [1.82, 2.24) is 10.8 Å². The van der Waals surface area contributed by atoms with Crippen molar-refractivity contribution < 1.29 is 24.3 Å². The quantitative estimate of drug-likeness (QED) is 0.451. The van der Waals surface area contributed by atoms with E-state index in [0.29, 0.717) is 16.5 Å². The number of anilines is 1. The summed E-state index contributed by atoms with van der Waals surface area (Å²) in [6.07, 6.45) is 2.82. The molecular formula is C18H26ClN3O5. The highest BCUT2D eigenvalue weighted by Gasteiger charge is 2.25. The smallest absolute Gasteiger partial charge is 0.407 e. The molecule has 1 saturated carbocycles. The minimum atomic E-state index is -0.777. The van der Waals surface area contributed by atoms with Gasteiger partial charge in [0, 0.05) is 12.1 Å². The highest BCUT2D eigenvalue weighted by Crippen LogP contribution is 2.30. The van der Waals surface area contributed by atoms with Crippen LogP contribution in [0.25, 0.3) is 0 Å². The van der Waals surface area contributed by atoms with Crippen LogP contribution in [0.5, 0.6) is 5.75 Å². The zero-order valence-corrected chi connectivity index (χ0v) is 16.4. The monoisotopic (exact) mass is 399 g/mol. The van der Waals surface area contributed by atoms with Gasteiger partial charge in [0.1, 0.15) is 11.4 Å². The van der Waals surface area contributed by atoms with Crippen molar-refractivity contribution in [1.29, 1.82) is 0 Å². The summed E-state index contributed by atoms with van der Waals surface area (Å²) in [5.41, 5.74) is 1.32. The molecule has 3 amide bonds. The zero-order valence-electron chi connectivity index (χ0n) is 15.7. The summed E-state index contributed by atoms with van der Waals surface area (Å²) in [4.78, 5) is 23.0. The number of alkyl carbamates (subject to hydrolysis) is 1. The third-order valence-corrected chi connectivity index (χ3v) is 4.30. The first kappa shape index (κ1) is 21.1. The fourth-order valence-corrected chi connectivity index (χ4v) is 3.03. The molecule has 0 unspecified atom stereocenters. The Balaban J connectivity index is 1.81. The van der Waals surface area contributed by atoms with Gasteiger partial charge in [0.25, 0.3) is 0 Å². The fraction of sp³-hybridized carbons (Fsp3) is 0.556. The van der Waals surface area contributed by atoms with E-state index in [0.717, 1.165) is 25.7 Å². The Morgan fingerprint density at radius 3 is 2.41 bits per heavy atom. The van der Waals surface area contributed by atoms with Gasteiger partial charge < -0.3 is 20.1 Å². The first-order valence-electron chi connectivity index (χ1n) is 8.83. The second-order valence-corrected chi connectivity index (χ2v) is 7.85. The number of nitrogens with one attached hydrogen (secondary N) is 3. The average Bonchev–Trinajstić information content (AvgIpc) is 2.57. The van der Waals surface area contributed by atoms with Crippen LogP contribution in [0.1, 0.15) is 46.5 Å². The van der Waals surface area contributed by atoms with E-state index in [2.05, 4.69) is 10.6 Å². The molecule has 0 aromatic heterocycles. The van der Waals surface area contributed by atoms with Gasteiger partial charge in [-0.05, 0) is 58.6 Å². The lowest BCUT2D eigenvalue weighted by molar-refractivity contribution is 0.0471. The minimum Gasteiger partial charge on any atom is -0.490 e. The van der Waals surface area contributed by atoms with E-state index in [4.69, 9.17) is 26.3 Å². The molecule has 27 heavy (non-hydrogen) atoms. The van der Waals surface area contributed by atoms with Crippen molar-refractivity contribution in [2.24, 2.45) is 0 Å². The lowest BCUT2D eigenvalue weighted by Crippen LogP contribution is -2.42. The summed E-state index contributed by atoms with van der Waals surface area (Å²) in [7, 11) is 0. The highest BCUT2D eigenvalue weighted by atomic mass is 35.5. The number of amides is 3. The van der Waals surface area contributed by atoms with Gasteiger partial charge in [-0.15, -0.1) is 0 Å². The molecule has 2 rings (SSSR count). The molecule has 150 valence electrons. The van der Waals surface area contributed by atoms with Gasteiger partial charge in [-0.2, -0.15) is 0 Å². The third kappa shape index (κ3) is 7.15. The topological polar surface area (TPSA) is 109 Å². The summed E-state index contributed by atoms with van der Waals surface area (Å²) >= 11 is 6.12. The van der Waals surface area contributed by atoms with Crippen LogP contribution in [0.15, 0.2) is 18.2 Å². The molecule has 9 heteroatoms. The summed E-state index contributed by atoms with van der Waals surface area (Å²) in [6.45, 7) is 5.50. The molecule has 0 bridgehead atoms. The van der Waals surface area contributed by atoms with Gasteiger partial charge in [-0.3, -0.25) is 5.21 Å². The van der Waals surface area contributed by atoms with Crippen molar-refractivity contribution in [3.05, 3.63) is 23.2 Å². The molecule has 1 aliphatic carbocycles. The number of carbonyl (C=O) groups excluding carboxylic acids is 2. The Morgan fingerprint density at radius 2 is 1.85 bits per heavy atom. The Hall–Kier alpha value is -2.19. The van der Waals surface area contributed by atoms with E-state index in [1.807, 2.05) is 20.8 Å². The predicted molar refractivity (Wildman–Crippen MR) is 101 cm³/mol. The number of halogens is 1. The summed E-state index contributed by atoms with van der Waals surface area (Å²) in [5, 5.41) is 14.1. The second kappa shape index (κ2) is 9.14. The molecule has 0 spiro atoms. The van der Waals surface area contributed by atoms with Crippen molar-refractivity contribution in [3.8, 4) is 5.75 Å². The van der Waals surface area contributed by atoms with Gasteiger partial charge in [0.2, 0.25) is 0 Å². The van der Waals surface area contributed by atoms with E-state index in [1.54, 1.807) is 18.2 Å². The average molecular weight is 400 g/mol. The van der Waals surface area contributed by atoms with Crippen LogP contribution in [0.4, 0.5) is 15.3 Å². The van der Waals surface area contributed by atoms with Crippen LogP contribution in [-0.4, -0.2) is 35.1 Å². The van der Waals surface area contributed by atoms with Gasteiger partial charge in [-0.1, -0.05) is 11.6 Å². The minimum absolute atomic E-state index is 0.0253. The maximum absolute atomic E-state index is 11.8. The molecule has 1 aromatic rings. The number of benzene rings is 1. The van der Waals surface area contributed by atoms with Crippen molar-refractivity contribution in [2.45, 2.75) is 64.2 Å². The Morgan fingerprint density at radius 1 is 1.19 bits per heavy atom. The van der Waals surface area contributed by atoms with E-state index < -0.39 is 17.7 Å². The van der Waals surface area contributed by atoms with Crippen LogP contribution in [-0.2, 0) is 4.74 Å². The number of hydrogen-bond acceptors (Lipinski definition) is 5. The molecule has 0 saturated heterocycles. The van der Waals surface area contributed by atoms with E-state index >= 15 is 0 Å². The molecular weight excluding hydrogens is 374 g/mol. The maximum atomic E-state index is 11.8.